The van der Waals surface area contributed by atoms with Gasteiger partial charge in [0.15, 0.2) is 0 Å². The standard InChI is InChI=1S/C13H23N5O/c1-16-3-5-18(6-4-16)13-14-9-12(10-15-13)11-17(2)7-8-19/h9-10,19H,3-8,11H2,1-2H3. The molecule has 1 N–H and O–H groups in total. The Kier molecular flexibility index (Phi) is 5.07. The first-order valence-electron chi connectivity index (χ1n) is 6.73. The highest BCUT2D eigenvalue weighted by Crippen LogP contribution is 2.10. The lowest BCUT2D eigenvalue weighted by atomic mass is 10.3. The van der Waals surface area contributed by atoms with E-state index in [1.807, 2.05) is 24.3 Å². The van der Waals surface area contributed by atoms with Crippen molar-refractivity contribution in [2.24, 2.45) is 0 Å². The molecule has 1 saturated heterocycles. The molecule has 0 saturated carbocycles. The van der Waals surface area contributed by atoms with Gasteiger partial charge in [-0.25, -0.2) is 9.97 Å². The third-order valence-electron chi connectivity index (χ3n) is 3.41. The van der Waals surface area contributed by atoms with Crippen LogP contribution < -0.4 is 4.90 Å². The van der Waals surface area contributed by atoms with Crippen LogP contribution in [0.5, 0.6) is 0 Å². The fraction of sp³-hybridized carbons (Fsp3) is 0.692. The van der Waals surface area contributed by atoms with Gasteiger partial charge < -0.3 is 14.9 Å². The molecule has 1 fully saturated rings. The predicted molar refractivity (Wildman–Crippen MR) is 75.2 cm³/mol. The van der Waals surface area contributed by atoms with Crippen LogP contribution in [0.4, 0.5) is 5.95 Å². The normalized spacial score (nSPS) is 17.2. The number of aliphatic hydroxyl groups excluding tert-OH is 1. The van der Waals surface area contributed by atoms with Crippen LogP contribution in [0.2, 0.25) is 0 Å². The summed E-state index contributed by atoms with van der Waals surface area (Å²) >= 11 is 0. The smallest absolute Gasteiger partial charge is 0.225 e. The van der Waals surface area contributed by atoms with Gasteiger partial charge >= 0.3 is 0 Å². The van der Waals surface area contributed by atoms with Crippen molar-refractivity contribution in [1.82, 2.24) is 19.8 Å². The number of aromatic nitrogens is 2. The Morgan fingerprint density at radius 3 is 2.42 bits per heavy atom. The molecule has 0 bridgehead atoms. The minimum absolute atomic E-state index is 0.177. The Balaban J connectivity index is 1.91. The van der Waals surface area contributed by atoms with E-state index in [0.717, 1.165) is 44.2 Å². The first kappa shape index (κ1) is 14.2. The van der Waals surface area contributed by atoms with Crippen molar-refractivity contribution in [2.45, 2.75) is 6.54 Å². The summed E-state index contributed by atoms with van der Waals surface area (Å²) in [6.07, 6.45) is 3.77. The average molecular weight is 265 g/mol. The Morgan fingerprint density at radius 1 is 1.21 bits per heavy atom. The van der Waals surface area contributed by atoms with Crippen molar-refractivity contribution in [3.8, 4) is 0 Å². The summed E-state index contributed by atoms with van der Waals surface area (Å²) in [6.45, 7) is 5.70. The van der Waals surface area contributed by atoms with Gasteiger partial charge in [0.2, 0.25) is 5.95 Å². The van der Waals surface area contributed by atoms with Crippen LogP contribution in [0.25, 0.3) is 0 Å². The predicted octanol–water partition coefficient (Wildman–Crippen LogP) is -0.347. The van der Waals surface area contributed by atoms with Gasteiger partial charge in [0.05, 0.1) is 6.61 Å². The zero-order chi connectivity index (χ0) is 13.7. The third kappa shape index (κ3) is 4.12. The molecule has 0 amide bonds. The van der Waals surface area contributed by atoms with Crippen molar-refractivity contribution in [3.05, 3.63) is 18.0 Å². The molecule has 2 heterocycles. The molecular formula is C13H23N5O. The maximum absolute atomic E-state index is 8.87. The van der Waals surface area contributed by atoms with Gasteiger partial charge in [0.25, 0.3) is 0 Å². The Morgan fingerprint density at radius 2 is 1.84 bits per heavy atom. The molecule has 0 spiro atoms. The van der Waals surface area contributed by atoms with Crippen LogP contribution in [-0.2, 0) is 6.54 Å². The molecule has 1 aliphatic heterocycles. The van der Waals surface area contributed by atoms with Crippen LogP contribution in [0.1, 0.15) is 5.56 Å². The summed E-state index contributed by atoms with van der Waals surface area (Å²) in [5.41, 5.74) is 1.08. The van der Waals surface area contributed by atoms with E-state index in [1.165, 1.54) is 0 Å². The number of piperazine rings is 1. The lowest BCUT2D eigenvalue weighted by molar-refractivity contribution is 0.217. The molecular weight excluding hydrogens is 242 g/mol. The van der Waals surface area contributed by atoms with Gasteiger partial charge in [-0.2, -0.15) is 0 Å². The van der Waals surface area contributed by atoms with Gasteiger partial charge in [-0.05, 0) is 14.1 Å². The van der Waals surface area contributed by atoms with Crippen LogP contribution in [0.15, 0.2) is 12.4 Å². The Bertz CT molecular complexity index is 375. The molecule has 1 aromatic rings. The molecule has 19 heavy (non-hydrogen) atoms. The molecule has 2 rings (SSSR count). The van der Waals surface area contributed by atoms with Crippen molar-refractivity contribution < 1.29 is 5.11 Å². The number of hydrogen-bond donors (Lipinski definition) is 1. The van der Waals surface area contributed by atoms with Gasteiger partial charge in [-0.15, -0.1) is 0 Å². The maximum Gasteiger partial charge on any atom is 0.225 e. The number of likely N-dealkylation sites (N-methyl/N-ethyl adjacent to an activating group) is 2. The fourth-order valence-electron chi connectivity index (χ4n) is 2.16. The first-order valence-corrected chi connectivity index (χ1v) is 6.73. The zero-order valence-electron chi connectivity index (χ0n) is 11.8. The average Bonchev–Trinajstić information content (AvgIpc) is 2.41. The monoisotopic (exact) mass is 265 g/mol. The van der Waals surface area contributed by atoms with E-state index in [1.54, 1.807) is 0 Å². The summed E-state index contributed by atoms with van der Waals surface area (Å²) in [5.74, 6) is 0.821. The molecule has 0 atom stereocenters. The van der Waals surface area contributed by atoms with E-state index >= 15 is 0 Å². The van der Waals surface area contributed by atoms with Gasteiger partial charge in [0, 0.05) is 57.2 Å². The fourth-order valence-corrected chi connectivity index (χ4v) is 2.16. The molecule has 0 radical (unpaired) electrons. The highest BCUT2D eigenvalue weighted by molar-refractivity contribution is 5.30. The molecule has 6 heteroatoms. The molecule has 6 nitrogen and oxygen atoms in total. The number of hydrogen-bond acceptors (Lipinski definition) is 6. The van der Waals surface area contributed by atoms with Crippen molar-refractivity contribution >= 4 is 5.95 Å². The zero-order valence-corrected chi connectivity index (χ0v) is 11.8. The SMILES string of the molecule is CN1CCN(c2ncc(CN(C)CCO)cn2)CC1. The molecule has 1 aliphatic rings. The summed E-state index contributed by atoms with van der Waals surface area (Å²) in [5, 5.41) is 8.87. The van der Waals surface area contributed by atoms with E-state index in [-0.39, 0.29) is 6.61 Å². The summed E-state index contributed by atoms with van der Waals surface area (Å²) in [4.78, 5) is 15.5. The van der Waals surface area contributed by atoms with Gasteiger partial charge in [0.1, 0.15) is 0 Å². The van der Waals surface area contributed by atoms with Gasteiger partial charge in [-0.3, -0.25) is 4.90 Å². The first-order chi connectivity index (χ1) is 9.19. The number of rotatable bonds is 5. The topological polar surface area (TPSA) is 55.7 Å². The second kappa shape index (κ2) is 6.79. The van der Waals surface area contributed by atoms with E-state index in [0.29, 0.717) is 6.54 Å². The maximum atomic E-state index is 8.87. The highest BCUT2D eigenvalue weighted by atomic mass is 16.3. The second-order valence-corrected chi connectivity index (χ2v) is 5.14. The number of nitrogens with zero attached hydrogens (tertiary/aromatic N) is 5. The van der Waals surface area contributed by atoms with E-state index in [4.69, 9.17) is 5.11 Å². The third-order valence-corrected chi connectivity index (χ3v) is 3.41. The highest BCUT2D eigenvalue weighted by Gasteiger charge is 2.16. The minimum Gasteiger partial charge on any atom is -0.395 e. The van der Waals surface area contributed by atoms with E-state index in [2.05, 4.69) is 26.8 Å². The van der Waals surface area contributed by atoms with Crippen molar-refractivity contribution in [3.63, 3.8) is 0 Å². The molecule has 0 aliphatic carbocycles. The van der Waals surface area contributed by atoms with Crippen molar-refractivity contribution in [2.75, 3.05) is 58.3 Å². The summed E-state index contributed by atoms with van der Waals surface area (Å²) in [6, 6.07) is 0. The van der Waals surface area contributed by atoms with E-state index < -0.39 is 0 Å². The number of aliphatic hydroxyl groups is 1. The van der Waals surface area contributed by atoms with E-state index in [9.17, 15) is 0 Å². The minimum atomic E-state index is 0.177. The molecule has 1 aromatic heterocycles. The molecule has 0 unspecified atom stereocenters. The van der Waals surface area contributed by atoms with Crippen LogP contribution in [0.3, 0.4) is 0 Å². The van der Waals surface area contributed by atoms with Gasteiger partial charge in [-0.1, -0.05) is 0 Å². The van der Waals surface area contributed by atoms with Crippen LogP contribution in [-0.4, -0.2) is 78.3 Å². The van der Waals surface area contributed by atoms with Crippen LogP contribution >= 0.6 is 0 Å². The quantitative estimate of drug-likeness (QED) is 0.785. The summed E-state index contributed by atoms with van der Waals surface area (Å²) < 4.78 is 0. The Hall–Kier alpha value is -1.24. The second-order valence-electron chi connectivity index (χ2n) is 5.14. The van der Waals surface area contributed by atoms with Crippen LogP contribution in [0, 0.1) is 0 Å². The van der Waals surface area contributed by atoms with Crippen molar-refractivity contribution in [1.29, 1.82) is 0 Å². The molecule has 106 valence electrons. The lowest BCUT2D eigenvalue weighted by Crippen LogP contribution is -2.45. The largest absolute Gasteiger partial charge is 0.395 e. The summed E-state index contributed by atoms with van der Waals surface area (Å²) in [7, 11) is 4.11. The number of anilines is 1. The lowest BCUT2D eigenvalue weighted by Gasteiger charge is -2.32. The Labute approximate surface area is 114 Å². The molecule has 0 aromatic carbocycles.